The van der Waals surface area contributed by atoms with Crippen LogP contribution in [0, 0.1) is 6.92 Å². The van der Waals surface area contributed by atoms with Gasteiger partial charge in [0.2, 0.25) is 0 Å². The topological polar surface area (TPSA) is 31.4 Å². The summed E-state index contributed by atoms with van der Waals surface area (Å²) in [7, 11) is 0. The number of piperazine rings is 1. The van der Waals surface area contributed by atoms with Gasteiger partial charge < -0.3 is 10.2 Å². The van der Waals surface area contributed by atoms with Crippen LogP contribution in [-0.2, 0) is 6.54 Å². The van der Waals surface area contributed by atoms with Gasteiger partial charge in [0.15, 0.2) is 0 Å². The Morgan fingerprint density at radius 2 is 2.10 bits per heavy atom. The van der Waals surface area contributed by atoms with Crippen molar-refractivity contribution in [2.45, 2.75) is 40.3 Å². The van der Waals surface area contributed by atoms with Gasteiger partial charge in [0.05, 0.1) is 0 Å². The molecular weight excluding hydrogens is 248 g/mol. The molecule has 112 valence electrons. The molecule has 0 radical (unpaired) electrons. The van der Waals surface area contributed by atoms with E-state index >= 15 is 0 Å². The third-order valence-corrected chi connectivity index (χ3v) is 4.07. The zero-order valence-corrected chi connectivity index (χ0v) is 13.3. The third kappa shape index (κ3) is 3.70. The Morgan fingerprint density at radius 3 is 2.75 bits per heavy atom. The Kier molecular flexibility index (Phi) is 5.38. The largest absolute Gasteiger partial charge is 0.354 e. The van der Waals surface area contributed by atoms with Gasteiger partial charge in [-0.3, -0.25) is 4.90 Å². The van der Waals surface area contributed by atoms with Gasteiger partial charge in [-0.05, 0) is 44.6 Å². The average molecular weight is 276 g/mol. The molecule has 20 heavy (non-hydrogen) atoms. The van der Waals surface area contributed by atoms with Crippen LogP contribution in [0.15, 0.2) is 12.1 Å². The van der Waals surface area contributed by atoms with E-state index in [1.165, 1.54) is 5.56 Å². The second-order valence-corrected chi connectivity index (χ2v) is 5.68. The molecule has 4 nitrogen and oxygen atoms in total. The van der Waals surface area contributed by atoms with Crippen molar-refractivity contribution < 1.29 is 0 Å². The molecule has 0 bridgehead atoms. The lowest BCUT2D eigenvalue weighted by Crippen LogP contribution is -2.52. The zero-order chi connectivity index (χ0) is 14.5. The highest BCUT2D eigenvalue weighted by atomic mass is 15.3. The molecule has 1 aliphatic heterocycles. The standard InChI is InChI=1S/C16H28N4/c1-5-17-11-15-9-13(3)18-16(10-15)20-8-7-19(6-2)14(4)12-20/h9-10,14,17H,5-8,11-12H2,1-4H3. The van der Waals surface area contributed by atoms with E-state index in [1.807, 2.05) is 0 Å². The number of nitrogens with one attached hydrogen (secondary N) is 1. The van der Waals surface area contributed by atoms with Crippen LogP contribution in [0.5, 0.6) is 0 Å². The van der Waals surface area contributed by atoms with E-state index in [0.29, 0.717) is 6.04 Å². The van der Waals surface area contributed by atoms with Crippen LogP contribution in [0.3, 0.4) is 0 Å². The molecule has 4 heteroatoms. The molecule has 1 fully saturated rings. The maximum absolute atomic E-state index is 4.73. The second kappa shape index (κ2) is 7.04. The summed E-state index contributed by atoms with van der Waals surface area (Å²) in [5.41, 5.74) is 2.45. The molecule has 2 rings (SSSR count). The third-order valence-electron chi connectivity index (χ3n) is 4.07. The summed E-state index contributed by atoms with van der Waals surface area (Å²) in [6.45, 7) is 15.1. The van der Waals surface area contributed by atoms with Crippen LogP contribution in [-0.4, -0.2) is 48.6 Å². The molecule has 1 aliphatic rings. The van der Waals surface area contributed by atoms with Crippen LogP contribution < -0.4 is 10.2 Å². The first-order chi connectivity index (χ1) is 9.63. The lowest BCUT2D eigenvalue weighted by atomic mass is 10.1. The van der Waals surface area contributed by atoms with Gasteiger partial charge >= 0.3 is 0 Å². The van der Waals surface area contributed by atoms with Gasteiger partial charge in [0.1, 0.15) is 5.82 Å². The van der Waals surface area contributed by atoms with Crippen LogP contribution in [0.1, 0.15) is 32.0 Å². The lowest BCUT2D eigenvalue weighted by molar-refractivity contribution is 0.199. The smallest absolute Gasteiger partial charge is 0.129 e. The Labute approximate surface area is 123 Å². The lowest BCUT2D eigenvalue weighted by Gasteiger charge is -2.40. The Balaban J connectivity index is 2.10. The minimum atomic E-state index is 0.605. The maximum Gasteiger partial charge on any atom is 0.129 e. The normalized spacial score (nSPS) is 20.4. The molecule has 1 N–H and O–H groups in total. The van der Waals surface area contributed by atoms with Crippen molar-refractivity contribution in [1.82, 2.24) is 15.2 Å². The predicted octanol–water partition coefficient (Wildman–Crippen LogP) is 2.03. The number of anilines is 1. The number of pyridine rings is 1. The number of hydrogen-bond donors (Lipinski definition) is 1. The van der Waals surface area contributed by atoms with Gasteiger partial charge in [-0.25, -0.2) is 4.98 Å². The number of rotatable bonds is 5. The summed E-state index contributed by atoms with van der Waals surface area (Å²) in [6, 6.07) is 5.02. The van der Waals surface area contributed by atoms with Crippen LogP contribution in [0.2, 0.25) is 0 Å². The van der Waals surface area contributed by atoms with E-state index in [-0.39, 0.29) is 0 Å². The predicted molar refractivity (Wildman–Crippen MR) is 85.3 cm³/mol. The SMILES string of the molecule is CCNCc1cc(C)nc(N2CCN(CC)C(C)C2)c1. The van der Waals surface area contributed by atoms with Gasteiger partial charge in [-0.1, -0.05) is 13.8 Å². The number of likely N-dealkylation sites (N-methyl/N-ethyl adjacent to an activating group) is 1. The van der Waals surface area contributed by atoms with Crippen LogP contribution in [0.25, 0.3) is 0 Å². The zero-order valence-electron chi connectivity index (χ0n) is 13.3. The molecule has 0 amide bonds. The minimum Gasteiger partial charge on any atom is -0.354 e. The first-order valence-corrected chi connectivity index (χ1v) is 7.81. The highest BCUT2D eigenvalue weighted by Crippen LogP contribution is 2.19. The fraction of sp³-hybridized carbons (Fsp3) is 0.688. The van der Waals surface area contributed by atoms with Gasteiger partial charge in [-0.2, -0.15) is 0 Å². The van der Waals surface area contributed by atoms with Crippen LogP contribution >= 0.6 is 0 Å². The Hall–Kier alpha value is -1.13. The molecule has 0 aromatic carbocycles. The van der Waals surface area contributed by atoms with Gasteiger partial charge in [0.25, 0.3) is 0 Å². The maximum atomic E-state index is 4.73. The van der Waals surface area contributed by atoms with E-state index in [4.69, 9.17) is 4.98 Å². The van der Waals surface area contributed by atoms with Crippen molar-refractivity contribution in [1.29, 1.82) is 0 Å². The average Bonchev–Trinajstić information content (AvgIpc) is 2.44. The van der Waals surface area contributed by atoms with Gasteiger partial charge in [0, 0.05) is 37.9 Å². The first-order valence-electron chi connectivity index (χ1n) is 7.81. The van der Waals surface area contributed by atoms with E-state index in [0.717, 1.165) is 50.8 Å². The Morgan fingerprint density at radius 1 is 1.30 bits per heavy atom. The monoisotopic (exact) mass is 276 g/mol. The van der Waals surface area contributed by atoms with Crippen molar-refractivity contribution in [3.8, 4) is 0 Å². The quantitative estimate of drug-likeness (QED) is 0.891. The highest BCUT2D eigenvalue weighted by molar-refractivity contribution is 5.43. The molecule has 0 spiro atoms. The minimum absolute atomic E-state index is 0.605. The summed E-state index contributed by atoms with van der Waals surface area (Å²) >= 11 is 0. The fourth-order valence-corrected chi connectivity index (χ4v) is 2.93. The van der Waals surface area contributed by atoms with E-state index in [9.17, 15) is 0 Å². The van der Waals surface area contributed by atoms with Crippen molar-refractivity contribution >= 4 is 5.82 Å². The summed E-state index contributed by atoms with van der Waals surface area (Å²) in [4.78, 5) is 9.69. The van der Waals surface area contributed by atoms with Crippen molar-refractivity contribution in [2.75, 3.05) is 37.6 Å². The summed E-state index contributed by atoms with van der Waals surface area (Å²) < 4.78 is 0. The molecule has 2 heterocycles. The Bertz CT molecular complexity index is 432. The summed E-state index contributed by atoms with van der Waals surface area (Å²) in [6.07, 6.45) is 0. The molecule has 0 saturated carbocycles. The van der Waals surface area contributed by atoms with Gasteiger partial charge in [-0.15, -0.1) is 0 Å². The second-order valence-electron chi connectivity index (χ2n) is 5.68. The molecule has 1 aromatic heterocycles. The highest BCUT2D eigenvalue weighted by Gasteiger charge is 2.23. The number of nitrogens with zero attached hydrogens (tertiary/aromatic N) is 3. The molecule has 1 atom stereocenters. The molecular formula is C16H28N4. The van der Waals surface area contributed by atoms with Crippen molar-refractivity contribution in [3.63, 3.8) is 0 Å². The number of aromatic nitrogens is 1. The molecule has 1 unspecified atom stereocenters. The summed E-state index contributed by atoms with van der Waals surface area (Å²) in [5, 5.41) is 3.39. The van der Waals surface area contributed by atoms with E-state index < -0.39 is 0 Å². The number of hydrogen-bond acceptors (Lipinski definition) is 4. The molecule has 1 aromatic rings. The van der Waals surface area contributed by atoms with E-state index in [1.54, 1.807) is 0 Å². The van der Waals surface area contributed by atoms with E-state index in [2.05, 4.69) is 54.9 Å². The van der Waals surface area contributed by atoms with Crippen molar-refractivity contribution in [3.05, 3.63) is 23.4 Å². The van der Waals surface area contributed by atoms with Crippen molar-refractivity contribution in [2.24, 2.45) is 0 Å². The molecule has 1 saturated heterocycles. The number of aryl methyl sites for hydroxylation is 1. The summed E-state index contributed by atoms with van der Waals surface area (Å²) in [5.74, 6) is 1.14. The first kappa shape index (κ1) is 15.3. The molecule has 0 aliphatic carbocycles. The van der Waals surface area contributed by atoms with Crippen LogP contribution in [0.4, 0.5) is 5.82 Å². The fourth-order valence-electron chi connectivity index (χ4n) is 2.93.